The first kappa shape index (κ1) is 12.8. The van der Waals surface area contributed by atoms with Crippen molar-refractivity contribution in [2.24, 2.45) is 11.7 Å². The lowest BCUT2D eigenvalue weighted by molar-refractivity contribution is -0.134. The van der Waals surface area contributed by atoms with E-state index < -0.39 is 0 Å². The predicted molar refractivity (Wildman–Crippen MR) is 68.6 cm³/mol. The molecule has 2 rings (SSSR count). The average Bonchev–Trinajstić information content (AvgIpc) is 3.00. The molecule has 1 saturated carbocycles. The lowest BCUT2D eigenvalue weighted by Gasteiger charge is -2.36. The minimum Gasteiger partial charge on any atom is -0.340 e. The maximum atomic E-state index is 12.0. The van der Waals surface area contributed by atoms with Gasteiger partial charge in [-0.05, 0) is 32.6 Å². The lowest BCUT2D eigenvalue weighted by atomic mass is 10.0. The molecule has 0 radical (unpaired) electrons. The molecule has 1 saturated heterocycles. The van der Waals surface area contributed by atoms with Gasteiger partial charge in [0.15, 0.2) is 0 Å². The Morgan fingerprint density at radius 1 is 1.24 bits per heavy atom. The Morgan fingerprint density at radius 3 is 2.29 bits per heavy atom. The topological polar surface area (TPSA) is 49.6 Å². The number of hydrogen-bond donors (Lipinski definition) is 1. The summed E-state index contributed by atoms with van der Waals surface area (Å²) in [6, 6.07) is 0. The summed E-state index contributed by atoms with van der Waals surface area (Å²) >= 11 is 0. The van der Waals surface area contributed by atoms with Gasteiger partial charge in [0, 0.05) is 44.7 Å². The van der Waals surface area contributed by atoms with Crippen LogP contribution in [0.5, 0.6) is 0 Å². The quantitative estimate of drug-likeness (QED) is 0.784. The lowest BCUT2D eigenvalue weighted by Crippen LogP contribution is -2.51. The van der Waals surface area contributed by atoms with E-state index >= 15 is 0 Å². The fourth-order valence-corrected chi connectivity index (χ4v) is 2.35. The van der Waals surface area contributed by atoms with Crippen molar-refractivity contribution in [2.45, 2.75) is 38.6 Å². The van der Waals surface area contributed by atoms with E-state index in [9.17, 15) is 4.79 Å². The largest absolute Gasteiger partial charge is 0.340 e. The van der Waals surface area contributed by atoms with Crippen LogP contribution in [0.4, 0.5) is 0 Å². The normalized spacial score (nSPS) is 22.9. The molecule has 0 aromatic carbocycles. The third-order valence-corrected chi connectivity index (χ3v) is 3.55. The molecule has 4 heteroatoms. The Balaban J connectivity index is 1.72. The van der Waals surface area contributed by atoms with Crippen LogP contribution in [0.2, 0.25) is 0 Å². The number of carbonyl (C=O) groups is 1. The maximum Gasteiger partial charge on any atom is 0.224 e. The first-order chi connectivity index (χ1) is 7.94. The standard InChI is InChI=1S/C13H25N3O/c1-13(2,14)9-12(17)16-7-5-15(6-8-16)10-11-3-4-11/h11H,3-10,14H2,1-2H3. The Labute approximate surface area is 104 Å². The number of nitrogens with zero attached hydrogens (tertiary/aromatic N) is 2. The summed E-state index contributed by atoms with van der Waals surface area (Å²) in [4.78, 5) is 16.4. The molecular weight excluding hydrogens is 214 g/mol. The van der Waals surface area contributed by atoms with Crippen LogP contribution in [0.3, 0.4) is 0 Å². The van der Waals surface area contributed by atoms with Gasteiger partial charge >= 0.3 is 0 Å². The highest BCUT2D eigenvalue weighted by Gasteiger charge is 2.28. The molecule has 0 unspecified atom stereocenters. The SMILES string of the molecule is CC(C)(N)CC(=O)N1CCN(CC2CC2)CC1. The molecule has 0 bridgehead atoms. The van der Waals surface area contributed by atoms with Crippen molar-refractivity contribution >= 4 is 5.91 Å². The summed E-state index contributed by atoms with van der Waals surface area (Å²) in [5.41, 5.74) is 5.50. The minimum absolute atomic E-state index is 0.212. The van der Waals surface area contributed by atoms with Gasteiger partial charge in [0.1, 0.15) is 0 Å². The summed E-state index contributed by atoms with van der Waals surface area (Å²) in [7, 11) is 0. The second kappa shape index (κ2) is 4.94. The molecule has 2 fully saturated rings. The Bertz CT molecular complexity index is 273. The van der Waals surface area contributed by atoms with Gasteiger partial charge in [-0.25, -0.2) is 0 Å². The summed E-state index contributed by atoms with van der Waals surface area (Å²) in [5.74, 6) is 1.16. The first-order valence-electron chi connectivity index (χ1n) is 6.73. The molecule has 98 valence electrons. The van der Waals surface area contributed by atoms with E-state index in [4.69, 9.17) is 5.73 Å². The van der Waals surface area contributed by atoms with Gasteiger partial charge in [0.05, 0.1) is 0 Å². The van der Waals surface area contributed by atoms with Gasteiger partial charge in [0.2, 0.25) is 5.91 Å². The molecule has 2 N–H and O–H groups in total. The molecule has 17 heavy (non-hydrogen) atoms. The summed E-state index contributed by atoms with van der Waals surface area (Å²) in [6.45, 7) is 8.89. The van der Waals surface area contributed by atoms with E-state index in [1.165, 1.54) is 19.4 Å². The predicted octanol–water partition coefficient (Wildman–Crippen LogP) is 0.668. The van der Waals surface area contributed by atoms with Crippen LogP contribution in [0.15, 0.2) is 0 Å². The Hall–Kier alpha value is -0.610. The molecule has 1 heterocycles. The van der Waals surface area contributed by atoms with E-state index in [0.29, 0.717) is 6.42 Å². The van der Waals surface area contributed by atoms with E-state index in [-0.39, 0.29) is 11.4 Å². The van der Waals surface area contributed by atoms with Crippen molar-refractivity contribution in [1.29, 1.82) is 0 Å². The van der Waals surface area contributed by atoms with E-state index in [1.807, 2.05) is 18.7 Å². The van der Waals surface area contributed by atoms with Crippen LogP contribution in [-0.2, 0) is 4.79 Å². The van der Waals surface area contributed by atoms with E-state index in [2.05, 4.69) is 4.90 Å². The van der Waals surface area contributed by atoms with Gasteiger partial charge in [-0.2, -0.15) is 0 Å². The average molecular weight is 239 g/mol. The second-order valence-corrected chi connectivity index (χ2v) is 6.29. The zero-order chi connectivity index (χ0) is 12.5. The van der Waals surface area contributed by atoms with Crippen molar-refractivity contribution in [1.82, 2.24) is 9.80 Å². The zero-order valence-corrected chi connectivity index (χ0v) is 11.1. The van der Waals surface area contributed by atoms with Crippen molar-refractivity contribution in [3.8, 4) is 0 Å². The van der Waals surface area contributed by atoms with E-state index in [1.54, 1.807) is 0 Å². The second-order valence-electron chi connectivity index (χ2n) is 6.29. The van der Waals surface area contributed by atoms with Crippen molar-refractivity contribution in [2.75, 3.05) is 32.7 Å². The molecule has 0 aromatic heterocycles. The number of nitrogens with two attached hydrogens (primary N) is 1. The van der Waals surface area contributed by atoms with E-state index in [0.717, 1.165) is 32.1 Å². The number of amides is 1. The highest BCUT2D eigenvalue weighted by Crippen LogP contribution is 2.29. The first-order valence-corrected chi connectivity index (χ1v) is 6.73. The molecule has 0 aromatic rings. The zero-order valence-electron chi connectivity index (χ0n) is 11.1. The maximum absolute atomic E-state index is 12.0. The molecule has 2 aliphatic rings. The number of piperazine rings is 1. The molecular formula is C13H25N3O. The van der Waals surface area contributed by atoms with Crippen LogP contribution in [0.25, 0.3) is 0 Å². The van der Waals surface area contributed by atoms with Crippen LogP contribution in [0, 0.1) is 5.92 Å². The van der Waals surface area contributed by atoms with Crippen molar-refractivity contribution in [3.63, 3.8) is 0 Å². The Morgan fingerprint density at radius 2 is 1.82 bits per heavy atom. The highest BCUT2D eigenvalue weighted by atomic mass is 16.2. The fourth-order valence-electron chi connectivity index (χ4n) is 2.35. The third-order valence-electron chi connectivity index (χ3n) is 3.55. The van der Waals surface area contributed by atoms with Crippen molar-refractivity contribution < 1.29 is 4.79 Å². The number of carbonyl (C=O) groups excluding carboxylic acids is 1. The summed E-state index contributed by atoms with van der Waals surface area (Å²) in [6.07, 6.45) is 3.26. The molecule has 1 aliphatic heterocycles. The number of rotatable bonds is 4. The third kappa shape index (κ3) is 4.28. The monoisotopic (exact) mass is 239 g/mol. The molecule has 1 aliphatic carbocycles. The smallest absolute Gasteiger partial charge is 0.224 e. The van der Waals surface area contributed by atoms with Crippen LogP contribution in [0.1, 0.15) is 33.1 Å². The molecule has 1 amide bonds. The van der Waals surface area contributed by atoms with Gasteiger partial charge < -0.3 is 10.6 Å². The summed E-state index contributed by atoms with van der Waals surface area (Å²) < 4.78 is 0. The number of hydrogen-bond acceptors (Lipinski definition) is 3. The van der Waals surface area contributed by atoms with Crippen LogP contribution < -0.4 is 5.73 Å². The van der Waals surface area contributed by atoms with Gasteiger partial charge in [-0.1, -0.05) is 0 Å². The molecule has 0 spiro atoms. The van der Waals surface area contributed by atoms with Gasteiger partial charge in [0.25, 0.3) is 0 Å². The van der Waals surface area contributed by atoms with Gasteiger partial charge in [-0.3, -0.25) is 9.69 Å². The fraction of sp³-hybridized carbons (Fsp3) is 0.923. The summed E-state index contributed by atoms with van der Waals surface area (Å²) in [5, 5.41) is 0. The minimum atomic E-state index is -0.387. The Kier molecular flexibility index (Phi) is 3.73. The van der Waals surface area contributed by atoms with Gasteiger partial charge in [-0.15, -0.1) is 0 Å². The molecule has 4 nitrogen and oxygen atoms in total. The highest BCUT2D eigenvalue weighted by molar-refractivity contribution is 5.77. The van der Waals surface area contributed by atoms with Crippen LogP contribution >= 0.6 is 0 Å². The van der Waals surface area contributed by atoms with Crippen LogP contribution in [-0.4, -0.2) is 54.0 Å². The molecule has 0 atom stereocenters. The van der Waals surface area contributed by atoms with Crippen molar-refractivity contribution in [3.05, 3.63) is 0 Å².